The second-order valence-electron chi connectivity index (χ2n) is 7.06. The number of fused-ring (bicyclic) bond motifs is 2. The normalized spacial score (nSPS) is 15.5. The summed E-state index contributed by atoms with van der Waals surface area (Å²) in [6.07, 6.45) is 0. The molecule has 0 atom stereocenters. The van der Waals surface area contributed by atoms with Crippen molar-refractivity contribution < 1.29 is 14.1 Å². The molecule has 0 radical (unpaired) electrons. The molecule has 1 aliphatic heterocycles. The first-order valence-electron chi connectivity index (χ1n) is 9.33. The number of para-hydroxylation sites is 1. The van der Waals surface area contributed by atoms with Crippen LogP contribution in [0.3, 0.4) is 0 Å². The lowest BCUT2D eigenvalue weighted by Crippen LogP contribution is -3.13. The molecule has 4 aromatic rings. The number of nitrogens with one attached hydrogen (secondary N) is 1. The predicted octanol–water partition coefficient (Wildman–Crippen LogP) is 3.19. The van der Waals surface area contributed by atoms with Crippen LogP contribution in [0.15, 0.2) is 48.5 Å². The van der Waals surface area contributed by atoms with Crippen LogP contribution < -0.4 is 4.90 Å². The van der Waals surface area contributed by atoms with Crippen LogP contribution in [-0.4, -0.2) is 42.0 Å². The number of amides is 1. The number of carbonyl (C=O) groups excluding carboxylic acids is 1. The minimum atomic E-state index is -0.266. The third-order valence-electron chi connectivity index (χ3n) is 5.22. The zero-order chi connectivity index (χ0) is 19.1. The molecule has 4 nitrogen and oxygen atoms in total. The zero-order valence-corrected chi connectivity index (χ0v) is 16.8. The SMILES string of the molecule is O=C(c1cc2c(F)cccc2s1)N1CC[NH+](Cc2nc3ccccc3s2)CC1. The highest BCUT2D eigenvalue weighted by Crippen LogP contribution is 2.28. The second kappa shape index (κ2) is 7.24. The molecule has 1 amide bonds. The highest BCUT2D eigenvalue weighted by Gasteiger charge is 2.26. The molecule has 1 aliphatic rings. The molecular formula is C21H19FN3OS2+. The number of aromatic nitrogens is 1. The number of thiazole rings is 1. The van der Waals surface area contributed by atoms with Gasteiger partial charge in [-0.1, -0.05) is 18.2 Å². The van der Waals surface area contributed by atoms with Crippen molar-refractivity contribution in [3.05, 3.63) is 64.2 Å². The van der Waals surface area contributed by atoms with Crippen LogP contribution >= 0.6 is 22.7 Å². The second-order valence-corrected chi connectivity index (χ2v) is 9.26. The Labute approximate surface area is 169 Å². The molecule has 0 unspecified atom stereocenters. The number of hydrogen-bond donors (Lipinski definition) is 1. The first-order valence-corrected chi connectivity index (χ1v) is 11.0. The zero-order valence-electron chi connectivity index (χ0n) is 15.2. The van der Waals surface area contributed by atoms with Gasteiger partial charge in [-0.2, -0.15) is 0 Å². The third-order valence-corrected chi connectivity index (χ3v) is 7.34. The molecule has 142 valence electrons. The van der Waals surface area contributed by atoms with Crippen molar-refractivity contribution in [2.45, 2.75) is 6.54 Å². The summed E-state index contributed by atoms with van der Waals surface area (Å²) in [6, 6.07) is 14.9. The van der Waals surface area contributed by atoms with Gasteiger partial charge in [0.15, 0.2) is 0 Å². The molecule has 0 saturated carbocycles. The van der Waals surface area contributed by atoms with Gasteiger partial charge in [-0.15, -0.1) is 22.7 Å². The number of quaternary nitrogens is 1. The van der Waals surface area contributed by atoms with Crippen molar-refractivity contribution >= 4 is 48.9 Å². The van der Waals surface area contributed by atoms with E-state index in [1.165, 1.54) is 27.0 Å². The van der Waals surface area contributed by atoms with E-state index in [0.29, 0.717) is 10.3 Å². The Morgan fingerprint density at radius 2 is 1.86 bits per heavy atom. The number of carbonyl (C=O) groups is 1. The molecule has 5 rings (SSSR count). The van der Waals surface area contributed by atoms with Crippen LogP contribution in [0.4, 0.5) is 4.39 Å². The summed E-state index contributed by atoms with van der Waals surface area (Å²) >= 11 is 3.12. The fourth-order valence-electron chi connectivity index (χ4n) is 3.70. The van der Waals surface area contributed by atoms with Crippen molar-refractivity contribution in [1.29, 1.82) is 0 Å². The van der Waals surface area contributed by atoms with E-state index in [0.717, 1.165) is 47.9 Å². The van der Waals surface area contributed by atoms with E-state index in [2.05, 4.69) is 12.1 Å². The van der Waals surface area contributed by atoms with Crippen LogP contribution in [0, 0.1) is 5.82 Å². The van der Waals surface area contributed by atoms with Gasteiger partial charge in [0.2, 0.25) is 0 Å². The first kappa shape index (κ1) is 17.7. The number of rotatable bonds is 3. The number of nitrogens with zero attached hydrogens (tertiary/aromatic N) is 2. The van der Waals surface area contributed by atoms with Gasteiger partial charge in [-0.05, 0) is 30.3 Å². The predicted molar refractivity (Wildman–Crippen MR) is 112 cm³/mol. The van der Waals surface area contributed by atoms with E-state index in [1.54, 1.807) is 23.5 Å². The quantitative estimate of drug-likeness (QED) is 0.561. The van der Waals surface area contributed by atoms with Gasteiger partial charge in [0, 0.05) is 10.1 Å². The Balaban J connectivity index is 1.24. The number of halogens is 1. The van der Waals surface area contributed by atoms with E-state index in [1.807, 2.05) is 23.1 Å². The summed E-state index contributed by atoms with van der Waals surface area (Å²) in [4.78, 5) is 21.5. The Hall–Kier alpha value is -2.35. The topological polar surface area (TPSA) is 37.6 Å². The number of benzene rings is 2. The van der Waals surface area contributed by atoms with Crippen LogP contribution in [0.1, 0.15) is 14.7 Å². The van der Waals surface area contributed by atoms with E-state index in [4.69, 9.17) is 4.98 Å². The average molecular weight is 413 g/mol. The molecule has 7 heteroatoms. The largest absolute Gasteiger partial charge is 0.327 e. The molecule has 1 saturated heterocycles. The maximum absolute atomic E-state index is 13.9. The lowest BCUT2D eigenvalue weighted by Gasteiger charge is -2.31. The van der Waals surface area contributed by atoms with Gasteiger partial charge in [-0.3, -0.25) is 4.79 Å². The van der Waals surface area contributed by atoms with Crippen molar-refractivity contribution in [2.24, 2.45) is 0 Å². The molecule has 0 spiro atoms. The molecule has 1 N–H and O–H groups in total. The Morgan fingerprint density at radius 1 is 1.07 bits per heavy atom. The minimum Gasteiger partial charge on any atom is -0.327 e. The summed E-state index contributed by atoms with van der Waals surface area (Å²) in [5.41, 5.74) is 1.06. The molecule has 1 fully saturated rings. The van der Waals surface area contributed by atoms with Crippen LogP contribution in [-0.2, 0) is 6.54 Å². The van der Waals surface area contributed by atoms with E-state index < -0.39 is 0 Å². The monoisotopic (exact) mass is 412 g/mol. The summed E-state index contributed by atoms with van der Waals surface area (Å²) in [7, 11) is 0. The Morgan fingerprint density at radius 3 is 2.64 bits per heavy atom. The molecule has 3 heterocycles. The molecule has 2 aromatic heterocycles. The van der Waals surface area contributed by atoms with Gasteiger partial charge in [-0.25, -0.2) is 9.37 Å². The number of hydrogen-bond acceptors (Lipinski definition) is 4. The number of piperazine rings is 1. The summed E-state index contributed by atoms with van der Waals surface area (Å²) in [5.74, 6) is -0.252. The fourth-order valence-corrected chi connectivity index (χ4v) is 5.78. The van der Waals surface area contributed by atoms with Gasteiger partial charge in [0.1, 0.15) is 17.4 Å². The van der Waals surface area contributed by atoms with Gasteiger partial charge < -0.3 is 9.80 Å². The first-order chi connectivity index (χ1) is 13.7. The molecular weight excluding hydrogens is 393 g/mol. The number of thiophene rings is 1. The fraction of sp³-hybridized carbons (Fsp3) is 0.238. The maximum Gasteiger partial charge on any atom is 0.264 e. The van der Waals surface area contributed by atoms with Gasteiger partial charge >= 0.3 is 0 Å². The van der Waals surface area contributed by atoms with Crippen LogP contribution in [0.5, 0.6) is 0 Å². The average Bonchev–Trinajstić information content (AvgIpc) is 3.32. The Bertz CT molecular complexity index is 1130. The van der Waals surface area contributed by atoms with Gasteiger partial charge in [0.05, 0.1) is 41.3 Å². The summed E-state index contributed by atoms with van der Waals surface area (Å²) in [6.45, 7) is 4.14. The van der Waals surface area contributed by atoms with E-state index >= 15 is 0 Å². The maximum atomic E-state index is 13.9. The molecule has 0 aliphatic carbocycles. The van der Waals surface area contributed by atoms with E-state index in [-0.39, 0.29) is 11.7 Å². The smallest absolute Gasteiger partial charge is 0.264 e. The molecule has 2 aromatic carbocycles. The third kappa shape index (κ3) is 3.30. The summed E-state index contributed by atoms with van der Waals surface area (Å²) in [5, 5.41) is 1.69. The Kier molecular flexibility index (Phi) is 4.58. The van der Waals surface area contributed by atoms with Crippen molar-refractivity contribution in [1.82, 2.24) is 9.88 Å². The van der Waals surface area contributed by atoms with Crippen LogP contribution in [0.25, 0.3) is 20.3 Å². The highest BCUT2D eigenvalue weighted by atomic mass is 32.1. The van der Waals surface area contributed by atoms with Gasteiger partial charge in [0.25, 0.3) is 5.91 Å². The van der Waals surface area contributed by atoms with Crippen molar-refractivity contribution in [3.63, 3.8) is 0 Å². The molecule has 0 bridgehead atoms. The van der Waals surface area contributed by atoms with E-state index in [9.17, 15) is 9.18 Å². The standard InChI is InChI=1S/C21H18FN3OS2/c22-15-4-3-7-17-14(15)12-19(27-17)21(26)25-10-8-24(9-11-25)13-20-23-16-5-1-2-6-18(16)28-20/h1-7,12H,8-11,13H2/p+1. The summed E-state index contributed by atoms with van der Waals surface area (Å²) < 4.78 is 16.0. The van der Waals surface area contributed by atoms with Crippen LogP contribution in [0.2, 0.25) is 0 Å². The lowest BCUT2D eigenvalue weighted by molar-refractivity contribution is -0.917. The molecule has 28 heavy (non-hydrogen) atoms. The van der Waals surface area contributed by atoms with Crippen molar-refractivity contribution in [2.75, 3.05) is 26.2 Å². The van der Waals surface area contributed by atoms with Crippen molar-refractivity contribution in [3.8, 4) is 0 Å². The lowest BCUT2D eigenvalue weighted by atomic mass is 10.2. The highest BCUT2D eigenvalue weighted by molar-refractivity contribution is 7.20. The minimum absolute atomic E-state index is 0.0136.